The van der Waals surface area contributed by atoms with Crippen molar-refractivity contribution in [2.75, 3.05) is 13.2 Å². The van der Waals surface area contributed by atoms with Gasteiger partial charge in [-0.15, -0.1) is 0 Å². The minimum atomic E-state index is -0.484. The van der Waals surface area contributed by atoms with Crippen LogP contribution in [0.25, 0.3) is 0 Å². The molecule has 0 radical (unpaired) electrons. The average molecular weight is 332 g/mol. The topological polar surface area (TPSA) is 52.6 Å². The zero-order chi connectivity index (χ0) is 17.4. The highest BCUT2D eigenvalue weighted by atomic mass is 16.5. The molecule has 0 aromatic carbocycles. The van der Waals surface area contributed by atoms with Crippen LogP contribution in [0.1, 0.15) is 39.5 Å². The van der Waals surface area contributed by atoms with Gasteiger partial charge in [-0.3, -0.25) is 0 Å². The lowest BCUT2D eigenvalue weighted by Gasteiger charge is -2.24. The Bertz CT molecular complexity index is 472. The fourth-order valence-electron chi connectivity index (χ4n) is 3.09. The lowest BCUT2D eigenvalue weighted by Crippen LogP contribution is -2.21. The number of allylic oxidation sites excluding steroid dienone is 4. The lowest BCUT2D eigenvalue weighted by atomic mass is 9.85. The predicted molar refractivity (Wildman–Crippen MR) is 93.1 cm³/mol. The number of esters is 2. The minimum Gasteiger partial charge on any atom is -0.462 e. The Morgan fingerprint density at radius 1 is 0.792 bits per heavy atom. The Kier molecular flexibility index (Phi) is 7.29. The van der Waals surface area contributed by atoms with Crippen molar-refractivity contribution < 1.29 is 19.1 Å². The van der Waals surface area contributed by atoms with Crippen molar-refractivity contribution in [2.24, 2.45) is 23.7 Å². The monoisotopic (exact) mass is 332 g/mol. The minimum absolute atomic E-state index is 0.361. The van der Waals surface area contributed by atoms with Gasteiger partial charge in [-0.1, -0.05) is 38.2 Å². The summed E-state index contributed by atoms with van der Waals surface area (Å²) in [6.45, 7) is 5.12. The van der Waals surface area contributed by atoms with E-state index in [1.807, 2.05) is 0 Å². The van der Waals surface area contributed by atoms with Crippen molar-refractivity contribution >= 4 is 11.9 Å². The van der Waals surface area contributed by atoms with Gasteiger partial charge in [0.25, 0.3) is 0 Å². The molecule has 2 rings (SSSR count). The van der Waals surface area contributed by atoms with Crippen LogP contribution in [0.15, 0.2) is 36.5 Å². The Morgan fingerprint density at radius 3 is 1.54 bits per heavy atom. The predicted octanol–water partition coefficient (Wildman–Crippen LogP) is 3.83. The molecule has 0 spiro atoms. The van der Waals surface area contributed by atoms with Crippen LogP contribution in [-0.4, -0.2) is 25.2 Å². The molecule has 2 aliphatic carbocycles. The summed E-state index contributed by atoms with van der Waals surface area (Å²) in [5, 5.41) is 0. The first-order valence-electron chi connectivity index (χ1n) is 8.88. The third-order valence-corrected chi connectivity index (χ3v) is 5.07. The average Bonchev–Trinajstić information content (AvgIpc) is 2.58. The molecule has 0 aliphatic heterocycles. The van der Waals surface area contributed by atoms with E-state index in [1.165, 1.54) is 0 Å². The molecule has 4 nitrogen and oxygen atoms in total. The van der Waals surface area contributed by atoms with Gasteiger partial charge in [0.1, 0.15) is 0 Å². The van der Waals surface area contributed by atoms with E-state index in [-0.39, 0.29) is 0 Å². The van der Waals surface area contributed by atoms with Gasteiger partial charge in [-0.25, -0.2) is 9.59 Å². The van der Waals surface area contributed by atoms with E-state index in [4.69, 9.17) is 9.47 Å². The molecule has 0 N–H and O–H groups in total. The van der Waals surface area contributed by atoms with E-state index in [9.17, 15) is 9.59 Å². The van der Waals surface area contributed by atoms with Crippen LogP contribution in [0.2, 0.25) is 0 Å². The standard InChI is InChI=1S/C20H28O4/c1-15-7-3-5-9-17(15)13-23-19(21)11-12-20(22)24-14-18-10-6-4-8-16(18)2/h3-6,11-12,15-18H,7-10,13-14H2,1-2H3. The van der Waals surface area contributed by atoms with Crippen molar-refractivity contribution in [3.05, 3.63) is 36.5 Å². The molecular formula is C20H28O4. The molecular weight excluding hydrogens is 304 g/mol. The molecule has 0 aromatic heterocycles. The van der Waals surface area contributed by atoms with E-state index in [1.54, 1.807) is 0 Å². The summed E-state index contributed by atoms with van der Waals surface area (Å²) in [5.41, 5.74) is 0. The number of hydrogen-bond acceptors (Lipinski definition) is 4. The lowest BCUT2D eigenvalue weighted by molar-refractivity contribution is -0.142. The molecule has 24 heavy (non-hydrogen) atoms. The largest absolute Gasteiger partial charge is 0.462 e. The van der Waals surface area contributed by atoms with Gasteiger partial charge in [-0.05, 0) is 49.4 Å². The maximum Gasteiger partial charge on any atom is 0.331 e. The van der Waals surface area contributed by atoms with Crippen molar-refractivity contribution in [3.8, 4) is 0 Å². The highest BCUT2D eigenvalue weighted by molar-refractivity contribution is 5.91. The summed E-state index contributed by atoms with van der Waals surface area (Å²) in [5.74, 6) is 0.789. The Morgan fingerprint density at radius 2 is 1.17 bits per heavy atom. The SMILES string of the molecule is CC1CC=CCC1COC(=O)C=CC(=O)OCC1CC=CCC1C. The van der Waals surface area contributed by atoms with Crippen LogP contribution < -0.4 is 0 Å². The maximum atomic E-state index is 11.7. The van der Waals surface area contributed by atoms with Gasteiger partial charge in [0, 0.05) is 12.2 Å². The van der Waals surface area contributed by atoms with Crippen LogP contribution in [0.4, 0.5) is 0 Å². The Labute approximate surface area is 144 Å². The fraction of sp³-hybridized carbons (Fsp3) is 0.600. The van der Waals surface area contributed by atoms with Crippen molar-refractivity contribution in [3.63, 3.8) is 0 Å². The van der Waals surface area contributed by atoms with E-state index in [0.29, 0.717) is 36.9 Å². The first kappa shape index (κ1) is 18.5. The van der Waals surface area contributed by atoms with Gasteiger partial charge in [0.05, 0.1) is 13.2 Å². The van der Waals surface area contributed by atoms with Gasteiger partial charge >= 0.3 is 11.9 Å². The highest BCUT2D eigenvalue weighted by Crippen LogP contribution is 2.25. The molecule has 4 atom stereocenters. The second-order valence-corrected chi connectivity index (χ2v) is 6.95. The third-order valence-electron chi connectivity index (χ3n) is 5.07. The zero-order valence-electron chi connectivity index (χ0n) is 14.6. The van der Waals surface area contributed by atoms with E-state index < -0.39 is 11.9 Å². The summed E-state index contributed by atoms with van der Waals surface area (Å²) in [6, 6.07) is 0. The number of hydrogen-bond donors (Lipinski definition) is 0. The molecule has 0 saturated heterocycles. The van der Waals surface area contributed by atoms with E-state index in [2.05, 4.69) is 38.2 Å². The van der Waals surface area contributed by atoms with Gasteiger partial charge < -0.3 is 9.47 Å². The molecule has 0 heterocycles. The first-order valence-corrected chi connectivity index (χ1v) is 8.88. The summed E-state index contributed by atoms with van der Waals surface area (Å²) >= 11 is 0. The van der Waals surface area contributed by atoms with Crippen LogP contribution in [-0.2, 0) is 19.1 Å². The smallest absolute Gasteiger partial charge is 0.331 e. The van der Waals surface area contributed by atoms with Crippen LogP contribution >= 0.6 is 0 Å². The first-order chi connectivity index (χ1) is 11.6. The zero-order valence-corrected chi connectivity index (χ0v) is 14.6. The van der Waals surface area contributed by atoms with Crippen molar-refractivity contribution in [1.29, 1.82) is 0 Å². The van der Waals surface area contributed by atoms with Gasteiger partial charge in [0.15, 0.2) is 0 Å². The van der Waals surface area contributed by atoms with Gasteiger partial charge in [-0.2, -0.15) is 0 Å². The molecule has 132 valence electrons. The number of carbonyl (C=O) groups is 2. The third kappa shape index (κ3) is 5.99. The molecule has 0 fully saturated rings. The summed E-state index contributed by atoms with van der Waals surface area (Å²) in [6.07, 6.45) is 14.9. The van der Waals surface area contributed by atoms with E-state index >= 15 is 0 Å². The number of rotatable bonds is 6. The van der Waals surface area contributed by atoms with Crippen molar-refractivity contribution in [1.82, 2.24) is 0 Å². The van der Waals surface area contributed by atoms with Crippen LogP contribution in [0.5, 0.6) is 0 Å². The second-order valence-electron chi connectivity index (χ2n) is 6.95. The molecule has 0 aromatic rings. The van der Waals surface area contributed by atoms with E-state index in [0.717, 1.165) is 37.8 Å². The second kappa shape index (κ2) is 9.45. The highest BCUT2D eigenvalue weighted by Gasteiger charge is 2.20. The maximum absolute atomic E-state index is 11.7. The summed E-state index contributed by atoms with van der Waals surface area (Å²) < 4.78 is 10.5. The molecule has 0 saturated carbocycles. The summed E-state index contributed by atoms with van der Waals surface area (Å²) in [4.78, 5) is 23.4. The molecule has 4 unspecified atom stereocenters. The molecule has 4 heteroatoms. The molecule has 2 aliphatic rings. The Hall–Kier alpha value is -1.84. The quantitative estimate of drug-likeness (QED) is 0.421. The Balaban J connectivity index is 1.66. The fourth-order valence-corrected chi connectivity index (χ4v) is 3.09. The van der Waals surface area contributed by atoms with Gasteiger partial charge in [0.2, 0.25) is 0 Å². The number of carbonyl (C=O) groups excluding carboxylic acids is 2. The van der Waals surface area contributed by atoms with Crippen LogP contribution in [0.3, 0.4) is 0 Å². The van der Waals surface area contributed by atoms with Crippen molar-refractivity contribution in [2.45, 2.75) is 39.5 Å². The molecule has 0 amide bonds. The normalized spacial score (nSPS) is 29.6. The summed E-state index contributed by atoms with van der Waals surface area (Å²) in [7, 11) is 0. The van der Waals surface area contributed by atoms with Crippen LogP contribution in [0, 0.1) is 23.7 Å². The number of ether oxygens (including phenoxy) is 2. The molecule has 0 bridgehead atoms.